The Hall–Kier alpha value is -1.75. The van der Waals surface area contributed by atoms with Gasteiger partial charge in [0.25, 0.3) is 0 Å². The minimum atomic E-state index is 0.758. The van der Waals surface area contributed by atoms with Crippen molar-refractivity contribution in [2.24, 2.45) is 0 Å². The SMILES string of the molecule is CCNCc1cncc(-n2cnc3c2CCCC3)n1. The third kappa shape index (κ3) is 2.51. The molecule has 2 aromatic rings. The number of nitrogens with zero attached hydrogens (tertiary/aromatic N) is 4. The highest BCUT2D eigenvalue weighted by atomic mass is 15.1. The lowest BCUT2D eigenvalue weighted by molar-refractivity contribution is 0.651. The second-order valence-electron chi connectivity index (χ2n) is 4.86. The fourth-order valence-corrected chi connectivity index (χ4v) is 2.52. The van der Waals surface area contributed by atoms with Gasteiger partial charge < -0.3 is 5.32 Å². The number of rotatable bonds is 4. The van der Waals surface area contributed by atoms with Crippen LogP contribution in [0.5, 0.6) is 0 Å². The largest absolute Gasteiger partial charge is 0.311 e. The maximum atomic E-state index is 4.66. The first-order chi connectivity index (χ1) is 9.38. The Labute approximate surface area is 113 Å². The molecule has 100 valence electrons. The van der Waals surface area contributed by atoms with E-state index >= 15 is 0 Å². The lowest BCUT2D eigenvalue weighted by Gasteiger charge is -2.13. The van der Waals surface area contributed by atoms with E-state index in [0.717, 1.165) is 37.4 Å². The van der Waals surface area contributed by atoms with Gasteiger partial charge in [0, 0.05) is 18.4 Å². The smallest absolute Gasteiger partial charge is 0.156 e. The van der Waals surface area contributed by atoms with E-state index in [0.29, 0.717) is 0 Å². The molecular weight excluding hydrogens is 238 g/mol. The molecule has 0 bridgehead atoms. The third-order valence-corrected chi connectivity index (χ3v) is 3.50. The van der Waals surface area contributed by atoms with Crippen LogP contribution in [0.2, 0.25) is 0 Å². The van der Waals surface area contributed by atoms with E-state index in [-0.39, 0.29) is 0 Å². The molecule has 0 fully saturated rings. The molecule has 1 aliphatic carbocycles. The van der Waals surface area contributed by atoms with Crippen molar-refractivity contribution >= 4 is 0 Å². The van der Waals surface area contributed by atoms with Gasteiger partial charge in [-0.3, -0.25) is 9.55 Å². The molecule has 0 saturated heterocycles. The molecule has 0 radical (unpaired) electrons. The van der Waals surface area contributed by atoms with E-state index in [2.05, 4.69) is 31.8 Å². The van der Waals surface area contributed by atoms with Crippen molar-refractivity contribution in [2.45, 2.75) is 39.2 Å². The Morgan fingerprint density at radius 2 is 2.16 bits per heavy atom. The van der Waals surface area contributed by atoms with Crippen molar-refractivity contribution in [3.8, 4) is 5.82 Å². The van der Waals surface area contributed by atoms with Gasteiger partial charge in [0.1, 0.15) is 6.33 Å². The Balaban J connectivity index is 1.91. The number of nitrogens with one attached hydrogen (secondary N) is 1. The number of hydrogen-bond donors (Lipinski definition) is 1. The average Bonchev–Trinajstić information content (AvgIpc) is 2.89. The first kappa shape index (κ1) is 12.3. The maximum absolute atomic E-state index is 4.66. The summed E-state index contributed by atoms with van der Waals surface area (Å²) in [4.78, 5) is 13.5. The van der Waals surface area contributed by atoms with Crippen LogP contribution < -0.4 is 5.32 Å². The van der Waals surface area contributed by atoms with Gasteiger partial charge in [-0.15, -0.1) is 0 Å². The molecular formula is C14H19N5. The lowest BCUT2D eigenvalue weighted by Crippen LogP contribution is -2.14. The molecule has 0 aromatic carbocycles. The van der Waals surface area contributed by atoms with Gasteiger partial charge in [-0.05, 0) is 32.2 Å². The van der Waals surface area contributed by atoms with Gasteiger partial charge in [-0.1, -0.05) is 6.92 Å². The Morgan fingerprint density at radius 1 is 1.26 bits per heavy atom. The summed E-state index contributed by atoms with van der Waals surface area (Å²) >= 11 is 0. The summed E-state index contributed by atoms with van der Waals surface area (Å²) in [7, 11) is 0. The summed E-state index contributed by atoms with van der Waals surface area (Å²) in [6.45, 7) is 3.78. The van der Waals surface area contributed by atoms with Crippen molar-refractivity contribution in [1.82, 2.24) is 24.8 Å². The van der Waals surface area contributed by atoms with Gasteiger partial charge in [0.05, 0.1) is 17.6 Å². The van der Waals surface area contributed by atoms with Crippen LogP contribution in [0.15, 0.2) is 18.7 Å². The predicted octanol–water partition coefficient (Wildman–Crippen LogP) is 1.65. The summed E-state index contributed by atoms with van der Waals surface area (Å²) < 4.78 is 2.09. The minimum absolute atomic E-state index is 0.758. The highest BCUT2D eigenvalue weighted by Crippen LogP contribution is 2.22. The monoisotopic (exact) mass is 257 g/mol. The van der Waals surface area contributed by atoms with Gasteiger partial charge in [0.2, 0.25) is 0 Å². The normalized spacial score (nSPS) is 14.4. The van der Waals surface area contributed by atoms with Crippen molar-refractivity contribution in [2.75, 3.05) is 6.54 Å². The van der Waals surface area contributed by atoms with Crippen LogP contribution in [0.1, 0.15) is 36.8 Å². The van der Waals surface area contributed by atoms with Crippen LogP contribution in [0, 0.1) is 0 Å². The van der Waals surface area contributed by atoms with Crippen LogP contribution in [0.4, 0.5) is 0 Å². The van der Waals surface area contributed by atoms with Crippen molar-refractivity contribution < 1.29 is 0 Å². The molecule has 0 amide bonds. The van der Waals surface area contributed by atoms with Crippen LogP contribution >= 0.6 is 0 Å². The molecule has 5 nitrogen and oxygen atoms in total. The molecule has 1 N–H and O–H groups in total. The van der Waals surface area contributed by atoms with Crippen LogP contribution in [-0.2, 0) is 19.4 Å². The van der Waals surface area contributed by atoms with E-state index in [1.165, 1.54) is 24.2 Å². The summed E-state index contributed by atoms with van der Waals surface area (Å²) in [6.07, 6.45) is 10.2. The number of hydrogen-bond acceptors (Lipinski definition) is 4. The number of aromatic nitrogens is 4. The van der Waals surface area contributed by atoms with E-state index in [1.807, 2.05) is 18.7 Å². The Bertz CT molecular complexity index is 561. The van der Waals surface area contributed by atoms with E-state index in [9.17, 15) is 0 Å². The fraction of sp³-hybridized carbons (Fsp3) is 0.500. The topological polar surface area (TPSA) is 55.6 Å². The van der Waals surface area contributed by atoms with Gasteiger partial charge in [-0.2, -0.15) is 0 Å². The second-order valence-corrected chi connectivity index (χ2v) is 4.86. The first-order valence-corrected chi connectivity index (χ1v) is 6.95. The molecule has 0 aliphatic heterocycles. The molecule has 19 heavy (non-hydrogen) atoms. The quantitative estimate of drug-likeness (QED) is 0.905. The van der Waals surface area contributed by atoms with Gasteiger partial charge in [0.15, 0.2) is 5.82 Å². The minimum Gasteiger partial charge on any atom is -0.311 e. The van der Waals surface area contributed by atoms with Crippen LogP contribution in [0.25, 0.3) is 5.82 Å². The summed E-state index contributed by atoms with van der Waals surface area (Å²) in [5, 5.41) is 3.27. The van der Waals surface area contributed by atoms with Gasteiger partial charge >= 0.3 is 0 Å². The zero-order valence-corrected chi connectivity index (χ0v) is 11.3. The zero-order valence-electron chi connectivity index (χ0n) is 11.3. The van der Waals surface area contributed by atoms with E-state index < -0.39 is 0 Å². The molecule has 3 rings (SSSR count). The van der Waals surface area contributed by atoms with Crippen LogP contribution in [-0.4, -0.2) is 26.1 Å². The Morgan fingerprint density at radius 3 is 3.05 bits per heavy atom. The standard InChI is InChI=1S/C14H19N5/c1-2-15-7-11-8-16-9-14(18-11)19-10-17-12-5-3-4-6-13(12)19/h8-10,15H,2-7H2,1H3. The highest BCUT2D eigenvalue weighted by molar-refractivity contribution is 5.28. The average molecular weight is 257 g/mol. The second kappa shape index (κ2) is 5.48. The molecule has 2 heterocycles. The molecule has 0 spiro atoms. The van der Waals surface area contributed by atoms with Gasteiger partial charge in [-0.25, -0.2) is 9.97 Å². The molecule has 5 heteroatoms. The van der Waals surface area contributed by atoms with E-state index in [1.54, 1.807) is 0 Å². The Kier molecular flexibility index (Phi) is 3.55. The summed E-state index contributed by atoms with van der Waals surface area (Å²) in [5.74, 6) is 0.881. The third-order valence-electron chi connectivity index (χ3n) is 3.50. The summed E-state index contributed by atoms with van der Waals surface area (Å²) in [5.41, 5.74) is 3.50. The number of imidazole rings is 1. The molecule has 0 saturated carbocycles. The lowest BCUT2D eigenvalue weighted by atomic mass is 10.0. The van der Waals surface area contributed by atoms with Crippen molar-refractivity contribution in [1.29, 1.82) is 0 Å². The van der Waals surface area contributed by atoms with E-state index in [4.69, 9.17) is 0 Å². The highest BCUT2D eigenvalue weighted by Gasteiger charge is 2.16. The number of fused-ring (bicyclic) bond motifs is 1. The first-order valence-electron chi connectivity index (χ1n) is 6.95. The molecule has 0 atom stereocenters. The molecule has 0 unspecified atom stereocenters. The van der Waals surface area contributed by atoms with Crippen LogP contribution in [0.3, 0.4) is 0 Å². The van der Waals surface area contributed by atoms with Crippen molar-refractivity contribution in [3.63, 3.8) is 0 Å². The fourth-order valence-electron chi connectivity index (χ4n) is 2.52. The van der Waals surface area contributed by atoms with Crippen molar-refractivity contribution in [3.05, 3.63) is 35.8 Å². The molecule has 2 aromatic heterocycles. The zero-order chi connectivity index (χ0) is 13.1. The number of aryl methyl sites for hydroxylation is 1. The molecule has 1 aliphatic rings. The summed E-state index contributed by atoms with van der Waals surface area (Å²) in [6, 6.07) is 0. The maximum Gasteiger partial charge on any atom is 0.156 e. The predicted molar refractivity (Wildman–Crippen MR) is 73.2 cm³/mol.